The molecule has 3 N–H and O–H groups in total. The molecule has 1 amide bonds. The molecule has 0 unspecified atom stereocenters. The van der Waals surface area contributed by atoms with Gasteiger partial charge in [-0.1, -0.05) is 0 Å². The van der Waals surface area contributed by atoms with Gasteiger partial charge in [0, 0.05) is 5.56 Å². The lowest BCUT2D eigenvalue weighted by Crippen LogP contribution is -2.30. The molecule has 0 aromatic carbocycles. The minimum absolute atomic E-state index is 0.196. The summed E-state index contributed by atoms with van der Waals surface area (Å²) in [5.41, 5.74) is 2.45. The molecule has 5 nitrogen and oxygen atoms in total. The normalized spacial score (nSPS) is 11.5. The molecule has 0 aliphatic heterocycles. The van der Waals surface area contributed by atoms with Crippen molar-refractivity contribution in [2.45, 2.75) is 33.0 Å². The zero-order valence-corrected chi connectivity index (χ0v) is 9.16. The number of furan rings is 1. The number of nitrogens with one attached hydrogen (secondary N) is 1. The Morgan fingerprint density at radius 3 is 2.80 bits per heavy atom. The molecule has 0 saturated heterocycles. The van der Waals surface area contributed by atoms with Gasteiger partial charge in [0.05, 0.1) is 18.5 Å². The summed E-state index contributed by atoms with van der Waals surface area (Å²) in [6.07, 6.45) is 1.44. The van der Waals surface area contributed by atoms with Crippen LogP contribution in [0.25, 0.3) is 0 Å². The van der Waals surface area contributed by atoms with E-state index in [1.807, 2.05) is 26.2 Å². The van der Waals surface area contributed by atoms with Gasteiger partial charge >= 0.3 is 5.91 Å². The van der Waals surface area contributed by atoms with Crippen LogP contribution in [0.15, 0.2) is 16.7 Å². The molecule has 5 heteroatoms. The molecule has 1 heterocycles. The zero-order valence-electron chi connectivity index (χ0n) is 9.16. The summed E-state index contributed by atoms with van der Waals surface area (Å²) in [6.45, 7) is 6.14. The van der Waals surface area contributed by atoms with E-state index in [-0.39, 0.29) is 11.4 Å². The smallest absolute Gasteiger partial charge is 0.301 e. The summed E-state index contributed by atoms with van der Waals surface area (Å²) >= 11 is 0. The van der Waals surface area contributed by atoms with Crippen molar-refractivity contribution in [3.63, 3.8) is 0 Å². The molecule has 0 atom stereocenters. The summed E-state index contributed by atoms with van der Waals surface area (Å²) in [7, 11) is 0. The van der Waals surface area contributed by atoms with E-state index < -0.39 is 5.91 Å². The lowest BCUT2D eigenvalue weighted by molar-refractivity contribution is -0.0154. The second-order valence-corrected chi connectivity index (χ2v) is 4.15. The lowest BCUT2D eigenvalue weighted by atomic mass is 10.2. The number of carbonyl (C=O) groups is 1. The molecule has 0 fully saturated rings. The fraction of sp³-hybridized carbons (Fsp3) is 0.500. The molecule has 15 heavy (non-hydrogen) atoms. The van der Waals surface area contributed by atoms with Crippen LogP contribution in [-0.4, -0.2) is 11.5 Å². The van der Waals surface area contributed by atoms with E-state index in [9.17, 15) is 4.79 Å². The SMILES string of the molecule is CC(C)(C)OCc1ccoc1C(=O)NN. The predicted octanol–water partition coefficient (Wildman–Crippen LogP) is 1.20. The second-order valence-electron chi connectivity index (χ2n) is 4.15. The summed E-state index contributed by atoms with van der Waals surface area (Å²) in [6, 6.07) is 1.69. The van der Waals surface area contributed by atoms with E-state index in [1.165, 1.54) is 6.26 Å². The van der Waals surface area contributed by atoms with Crippen LogP contribution >= 0.6 is 0 Å². The molecule has 1 aromatic heterocycles. The molecule has 1 rings (SSSR count). The number of ether oxygens (including phenoxy) is 1. The van der Waals surface area contributed by atoms with E-state index in [2.05, 4.69) is 0 Å². The number of nitrogens with two attached hydrogens (primary N) is 1. The molecule has 0 bridgehead atoms. The van der Waals surface area contributed by atoms with Crippen LogP contribution in [0.1, 0.15) is 36.9 Å². The number of nitrogen functional groups attached to an aromatic ring is 1. The molecular formula is C10H16N2O3. The maximum Gasteiger partial charge on any atom is 0.301 e. The largest absolute Gasteiger partial charge is 0.459 e. The molecule has 0 spiro atoms. The molecular weight excluding hydrogens is 196 g/mol. The molecule has 0 saturated carbocycles. The number of hydrogen-bond acceptors (Lipinski definition) is 4. The van der Waals surface area contributed by atoms with Crippen molar-refractivity contribution in [1.29, 1.82) is 0 Å². The third-order valence-corrected chi connectivity index (χ3v) is 1.74. The van der Waals surface area contributed by atoms with Gasteiger partial charge in [0.15, 0.2) is 5.76 Å². The van der Waals surface area contributed by atoms with Crippen molar-refractivity contribution < 1.29 is 13.9 Å². The number of rotatable bonds is 3. The molecule has 84 valence electrons. The van der Waals surface area contributed by atoms with Crippen molar-refractivity contribution in [2.24, 2.45) is 5.84 Å². The first-order valence-corrected chi connectivity index (χ1v) is 4.65. The number of hydrazine groups is 1. The second kappa shape index (κ2) is 4.46. The maximum atomic E-state index is 11.2. The van der Waals surface area contributed by atoms with Gasteiger partial charge in [-0.3, -0.25) is 10.2 Å². The van der Waals surface area contributed by atoms with E-state index in [1.54, 1.807) is 6.07 Å². The van der Waals surface area contributed by atoms with E-state index >= 15 is 0 Å². The molecule has 1 aromatic rings. The Balaban J connectivity index is 2.70. The summed E-state index contributed by atoms with van der Waals surface area (Å²) < 4.78 is 10.5. The predicted molar refractivity (Wildman–Crippen MR) is 54.9 cm³/mol. The highest BCUT2D eigenvalue weighted by Gasteiger charge is 2.17. The Hall–Kier alpha value is -1.33. The standard InChI is InChI=1S/C10H16N2O3/c1-10(2,3)15-6-7-4-5-14-8(7)9(13)12-11/h4-5H,6,11H2,1-3H3,(H,12,13). The number of hydrogen-bond donors (Lipinski definition) is 2. The van der Waals surface area contributed by atoms with Gasteiger partial charge in [-0.05, 0) is 26.8 Å². The van der Waals surface area contributed by atoms with Crippen LogP contribution < -0.4 is 11.3 Å². The van der Waals surface area contributed by atoms with E-state index in [4.69, 9.17) is 15.0 Å². The quantitative estimate of drug-likeness (QED) is 0.448. The highest BCUT2D eigenvalue weighted by atomic mass is 16.5. The van der Waals surface area contributed by atoms with Crippen LogP contribution in [-0.2, 0) is 11.3 Å². The Morgan fingerprint density at radius 1 is 1.60 bits per heavy atom. The van der Waals surface area contributed by atoms with Crippen LogP contribution in [0.5, 0.6) is 0 Å². The van der Waals surface area contributed by atoms with Gasteiger partial charge in [0.25, 0.3) is 0 Å². The number of amides is 1. The average Bonchev–Trinajstić information content (AvgIpc) is 2.60. The Morgan fingerprint density at radius 2 is 2.27 bits per heavy atom. The maximum absolute atomic E-state index is 11.2. The van der Waals surface area contributed by atoms with E-state index in [0.29, 0.717) is 12.2 Å². The van der Waals surface area contributed by atoms with Crippen LogP contribution in [0.2, 0.25) is 0 Å². The third-order valence-electron chi connectivity index (χ3n) is 1.74. The summed E-state index contributed by atoms with van der Waals surface area (Å²) in [4.78, 5) is 11.2. The van der Waals surface area contributed by atoms with Crippen LogP contribution in [0, 0.1) is 0 Å². The van der Waals surface area contributed by atoms with Gasteiger partial charge in [-0.15, -0.1) is 0 Å². The summed E-state index contributed by atoms with van der Waals surface area (Å²) in [5, 5.41) is 0. The van der Waals surface area contributed by atoms with Crippen molar-refractivity contribution in [3.05, 3.63) is 23.7 Å². The van der Waals surface area contributed by atoms with E-state index in [0.717, 1.165) is 0 Å². The minimum atomic E-state index is -0.451. The highest BCUT2D eigenvalue weighted by molar-refractivity contribution is 5.92. The zero-order chi connectivity index (χ0) is 11.5. The van der Waals surface area contributed by atoms with Gasteiger partial charge in [-0.2, -0.15) is 0 Å². The average molecular weight is 212 g/mol. The van der Waals surface area contributed by atoms with Crippen molar-refractivity contribution in [2.75, 3.05) is 0 Å². The van der Waals surface area contributed by atoms with Gasteiger partial charge < -0.3 is 9.15 Å². The fourth-order valence-corrected chi connectivity index (χ4v) is 1.01. The van der Waals surface area contributed by atoms with Gasteiger partial charge in [0.2, 0.25) is 0 Å². The minimum Gasteiger partial charge on any atom is -0.459 e. The lowest BCUT2D eigenvalue weighted by Gasteiger charge is -2.19. The van der Waals surface area contributed by atoms with Crippen molar-refractivity contribution in [1.82, 2.24) is 5.43 Å². The van der Waals surface area contributed by atoms with Gasteiger partial charge in [-0.25, -0.2) is 5.84 Å². The first kappa shape index (κ1) is 11.7. The monoisotopic (exact) mass is 212 g/mol. The first-order valence-electron chi connectivity index (χ1n) is 4.65. The Labute approximate surface area is 88.6 Å². The topological polar surface area (TPSA) is 77.5 Å². The van der Waals surface area contributed by atoms with Crippen molar-refractivity contribution >= 4 is 5.91 Å². The Bertz CT molecular complexity index is 339. The van der Waals surface area contributed by atoms with Gasteiger partial charge in [0.1, 0.15) is 0 Å². The number of carbonyl (C=O) groups excluding carboxylic acids is 1. The van der Waals surface area contributed by atoms with Crippen LogP contribution in [0.4, 0.5) is 0 Å². The Kier molecular flexibility index (Phi) is 3.49. The first-order chi connectivity index (χ1) is 6.94. The van der Waals surface area contributed by atoms with Crippen molar-refractivity contribution in [3.8, 4) is 0 Å². The molecule has 0 aliphatic carbocycles. The molecule has 0 aliphatic rings. The fourth-order valence-electron chi connectivity index (χ4n) is 1.01. The summed E-state index contributed by atoms with van der Waals surface area (Å²) in [5.74, 6) is 4.76. The third kappa shape index (κ3) is 3.38. The highest BCUT2D eigenvalue weighted by Crippen LogP contribution is 2.16. The molecule has 0 radical (unpaired) electrons. The van der Waals surface area contributed by atoms with Crippen LogP contribution in [0.3, 0.4) is 0 Å².